The van der Waals surface area contributed by atoms with Crippen molar-refractivity contribution < 1.29 is 23.1 Å². The highest BCUT2D eigenvalue weighted by atomic mass is 19.2. The van der Waals surface area contributed by atoms with E-state index in [0.29, 0.717) is 13.1 Å². The average molecular weight is 301 g/mol. The zero-order valence-corrected chi connectivity index (χ0v) is 12.2. The lowest BCUT2D eigenvalue weighted by molar-refractivity contribution is -0.141. The van der Waals surface area contributed by atoms with Crippen LogP contribution in [0.5, 0.6) is 0 Å². The molecule has 0 unspecified atom stereocenters. The van der Waals surface area contributed by atoms with Gasteiger partial charge < -0.3 is 5.11 Å². The molecule has 1 saturated heterocycles. The van der Waals surface area contributed by atoms with Gasteiger partial charge in [0.15, 0.2) is 17.5 Å². The second-order valence-corrected chi connectivity index (χ2v) is 6.43. The Morgan fingerprint density at radius 3 is 2.14 bits per heavy atom. The largest absolute Gasteiger partial charge is 0.481 e. The van der Waals surface area contributed by atoms with Crippen molar-refractivity contribution in [3.8, 4) is 0 Å². The smallest absolute Gasteiger partial charge is 0.308 e. The predicted octanol–water partition coefficient (Wildman–Crippen LogP) is 3.00. The molecule has 0 aliphatic carbocycles. The van der Waals surface area contributed by atoms with Crippen LogP contribution in [-0.4, -0.2) is 34.6 Å². The third-order valence-corrected chi connectivity index (χ3v) is 4.02. The third kappa shape index (κ3) is 3.05. The zero-order chi connectivity index (χ0) is 15.9. The molecule has 1 N–H and O–H groups in total. The molecule has 2 rings (SSSR count). The van der Waals surface area contributed by atoms with Crippen LogP contribution >= 0.6 is 0 Å². The Morgan fingerprint density at radius 2 is 1.71 bits per heavy atom. The minimum atomic E-state index is -1.53. The minimum Gasteiger partial charge on any atom is -0.481 e. The van der Waals surface area contributed by atoms with Crippen molar-refractivity contribution in [1.82, 2.24) is 4.90 Å². The highest BCUT2D eigenvalue weighted by molar-refractivity contribution is 5.72. The number of hydrogen-bond acceptors (Lipinski definition) is 2. The van der Waals surface area contributed by atoms with Gasteiger partial charge in [-0.2, -0.15) is 0 Å². The summed E-state index contributed by atoms with van der Waals surface area (Å²) in [6.07, 6.45) is 0. The second-order valence-electron chi connectivity index (χ2n) is 6.43. The summed E-state index contributed by atoms with van der Waals surface area (Å²) in [5.41, 5.74) is -0.0647. The predicted molar refractivity (Wildman–Crippen MR) is 71.5 cm³/mol. The van der Waals surface area contributed by atoms with Crippen molar-refractivity contribution in [2.45, 2.75) is 32.2 Å². The minimum absolute atomic E-state index is 0.186. The topological polar surface area (TPSA) is 40.5 Å². The quantitative estimate of drug-likeness (QED) is 0.854. The van der Waals surface area contributed by atoms with Crippen molar-refractivity contribution in [3.05, 3.63) is 35.1 Å². The fourth-order valence-corrected chi connectivity index (χ4v) is 2.73. The van der Waals surface area contributed by atoms with Gasteiger partial charge in [-0.1, -0.05) is 0 Å². The van der Waals surface area contributed by atoms with E-state index in [9.17, 15) is 23.1 Å². The molecule has 2 atom stereocenters. The van der Waals surface area contributed by atoms with Gasteiger partial charge in [-0.05, 0) is 38.5 Å². The summed E-state index contributed by atoms with van der Waals surface area (Å²) in [4.78, 5) is 13.4. The van der Waals surface area contributed by atoms with E-state index in [1.807, 2.05) is 25.7 Å². The number of carboxylic acid groups (broad SMARTS) is 1. The molecule has 0 amide bonds. The van der Waals surface area contributed by atoms with Crippen LogP contribution in [0.4, 0.5) is 13.2 Å². The van der Waals surface area contributed by atoms with Gasteiger partial charge in [0, 0.05) is 24.5 Å². The van der Waals surface area contributed by atoms with Crippen LogP contribution in [0.25, 0.3) is 0 Å². The van der Waals surface area contributed by atoms with Crippen LogP contribution in [0.1, 0.15) is 32.3 Å². The molecule has 0 bridgehead atoms. The molecule has 1 heterocycles. The SMILES string of the molecule is CC(C)(C)N1C[C@@H](C(=O)O)[C@H](c2cc(F)c(F)c(F)c2)C1. The fourth-order valence-electron chi connectivity index (χ4n) is 2.73. The number of nitrogens with zero attached hydrogens (tertiary/aromatic N) is 1. The van der Waals surface area contributed by atoms with E-state index >= 15 is 0 Å². The summed E-state index contributed by atoms with van der Waals surface area (Å²) in [6, 6.07) is 1.79. The lowest BCUT2D eigenvalue weighted by Crippen LogP contribution is -2.40. The standard InChI is InChI=1S/C15H18F3NO2/c1-15(2,3)19-6-9(10(7-19)14(20)21)8-4-11(16)13(18)12(17)5-8/h4-5,9-10H,6-7H2,1-3H3,(H,20,21)/t9-,10+/m0/s1. The summed E-state index contributed by atoms with van der Waals surface area (Å²) >= 11 is 0. The maximum atomic E-state index is 13.4. The molecule has 1 aliphatic rings. The maximum Gasteiger partial charge on any atom is 0.308 e. The molecule has 0 radical (unpaired) electrons. The molecule has 1 aliphatic heterocycles. The van der Waals surface area contributed by atoms with Gasteiger partial charge in [-0.3, -0.25) is 9.69 Å². The fraction of sp³-hybridized carbons (Fsp3) is 0.533. The lowest BCUT2D eigenvalue weighted by Gasteiger charge is -2.31. The Kier molecular flexibility index (Phi) is 4.02. The van der Waals surface area contributed by atoms with E-state index < -0.39 is 35.3 Å². The number of halogens is 3. The number of benzene rings is 1. The van der Waals surface area contributed by atoms with Crippen LogP contribution in [0, 0.1) is 23.4 Å². The normalized spacial score (nSPS) is 23.5. The lowest BCUT2D eigenvalue weighted by atomic mass is 9.89. The van der Waals surface area contributed by atoms with Crippen LogP contribution in [0.2, 0.25) is 0 Å². The molecule has 21 heavy (non-hydrogen) atoms. The first-order valence-electron chi connectivity index (χ1n) is 6.73. The molecule has 116 valence electrons. The summed E-state index contributed by atoms with van der Waals surface area (Å²) in [5.74, 6) is -6.46. The van der Waals surface area contributed by atoms with Gasteiger partial charge in [0.2, 0.25) is 0 Å². The monoisotopic (exact) mass is 301 g/mol. The highest BCUT2D eigenvalue weighted by Gasteiger charge is 2.42. The molecular weight excluding hydrogens is 283 g/mol. The molecule has 1 fully saturated rings. The molecule has 1 aromatic rings. The van der Waals surface area contributed by atoms with Crippen molar-refractivity contribution in [3.63, 3.8) is 0 Å². The zero-order valence-electron chi connectivity index (χ0n) is 12.2. The molecule has 1 aromatic carbocycles. The van der Waals surface area contributed by atoms with Crippen molar-refractivity contribution >= 4 is 5.97 Å². The van der Waals surface area contributed by atoms with Crippen LogP contribution < -0.4 is 0 Å². The second kappa shape index (κ2) is 5.33. The number of hydrogen-bond donors (Lipinski definition) is 1. The molecule has 6 heteroatoms. The van der Waals surface area contributed by atoms with Crippen molar-refractivity contribution in [1.29, 1.82) is 0 Å². The van der Waals surface area contributed by atoms with Crippen LogP contribution in [0.3, 0.4) is 0 Å². The van der Waals surface area contributed by atoms with Crippen molar-refractivity contribution in [2.24, 2.45) is 5.92 Å². The third-order valence-electron chi connectivity index (χ3n) is 4.02. The Balaban J connectivity index is 2.39. The molecular formula is C15H18F3NO2. The molecule has 0 aromatic heterocycles. The first-order valence-corrected chi connectivity index (χ1v) is 6.73. The summed E-state index contributed by atoms with van der Waals surface area (Å²) < 4.78 is 39.8. The molecule has 0 spiro atoms. The summed E-state index contributed by atoms with van der Waals surface area (Å²) in [5, 5.41) is 9.33. The van der Waals surface area contributed by atoms with E-state index in [0.717, 1.165) is 12.1 Å². The Labute approximate surface area is 121 Å². The number of aliphatic carboxylic acids is 1. The Bertz CT molecular complexity index is 546. The number of rotatable bonds is 2. The summed E-state index contributed by atoms with van der Waals surface area (Å²) in [7, 11) is 0. The van der Waals surface area contributed by atoms with Crippen LogP contribution in [0.15, 0.2) is 12.1 Å². The molecule has 0 saturated carbocycles. The van der Waals surface area contributed by atoms with E-state index in [-0.39, 0.29) is 11.1 Å². The Hall–Kier alpha value is -1.56. The Morgan fingerprint density at radius 1 is 1.19 bits per heavy atom. The van der Waals surface area contributed by atoms with E-state index in [1.54, 1.807) is 0 Å². The van der Waals surface area contributed by atoms with Gasteiger partial charge in [0.25, 0.3) is 0 Å². The van der Waals surface area contributed by atoms with Crippen LogP contribution in [-0.2, 0) is 4.79 Å². The number of carbonyl (C=O) groups is 1. The van der Waals surface area contributed by atoms with Gasteiger partial charge in [-0.15, -0.1) is 0 Å². The highest BCUT2D eigenvalue weighted by Crippen LogP contribution is 2.37. The van der Waals surface area contributed by atoms with Gasteiger partial charge in [-0.25, -0.2) is 13.2 Å². The number of likely N-dealkylation sites (tertiary alicyclic amines) is 1. The van der Waals surface area contributed by atoms with Gasteiger partial charge >= 0.3 is 5.97 Å². The van der Waals surface area contributed by atoms with E-state index in [2.05, 4.69) is 0 Å². The maximum absolute atomic E-state index is 13.4. The van der Waals surface area contributed by atoms with E-state index in [4.69, 9.17) is 0 Å². The van der Waals surface area contributed by atoms with E-state index in [1.165, 1.54) is 0 Å². The number of carboxylic acids is 1. The first-order chi connectivity index (χ1) is 9.61. The average Bonchev–Trinajstić information content (AvgIpc) is 2.80. The summed E-state index contributed by atoms with van der Waals surface area (Å²) in [6.45, 7) is 6.50. The van der Waals surface area contributed by atoms with Crippen molar-refractivity contribution in [2.75, 3.05) is 13.1 Å². The molecule has 3 nitrogen and oxygen atoms in total. The first kappa shape index (κ1) is 15.8. The van der Waals surface area contributed by atoms with Gasteiger partial charge in [0.05, 0.1) is 5.92 Å². The van der Waals surface area contributed by atoms with Gasteiger partial charge in [0.1, 0.15) is 0 Å².